The molecular weight excluding hydrogens is 350 g/mol. The van der Waals surface area contributed by atoms with E-state index in [4.69, 9.17) is 0 Å². The molecule has 0 fully saturated rings. The van der Waals surface area contributed by atoms with Crippen molar-refractivity contribution in [3.63, 3.8) is 0 Å². The van der Waals surface area contributed by atoms with Crippen LogP contribution in [0.5, 0.6) is 0 Å². The molecule has 1 aliphatic rings. The van der Waals surface area contributed by atoms with E-state index in [9.17, 15) is 19.8 Å². The van der Waals surface area contributed by atoms with Gasteiger partial charge in [-0.15, -0.1) is 11.3 Å². The minimum absolute atomic E-state index is 0.0726. The number of rotatable bonds is 4. The van der Waals surface area contributed by atoms with Crippen molar-refractivity contribution in [1.29, 1.82) is 0 Å². The van der Waals surface area contributed by atoms with Crippen molar-refractivity contribution in [3.8, 4) is 0 Å². The van der Waals surface area contributed by atoms with Crippen LogP contribution in [-0.4, -0.2) is 27.7 Å². The minimum atomic E-state index is -1.49. The third-order valence-corrected chi connectivity index (χ3v) is 6.03. The van der Waals surface area contributed by atoms with Gasteiger partial charge in [-0.3, -0.25) is 4.79 Å². The summed E-state index contributed by atoms with van der Waals surface area (Å²) in [6, 6.07) is 15.0. The molecule has 0 radical (unpaired) electrons. The van der Waals surface area contributed by atoms with Gasteiger partial charge in [0, 0.05) is 29.6 Å². The van der Waals surface area contributed by atoms with Crippen molar-refractivity contribution >= 4 is 33.3 Å². The van der Waals surface area contributed by atoms with E-state index in [2.05, 4.69) is 5.32 Å². The number of carbonyl (C=O) groups is 2. The van der Waals surface area contributed by atoms with Crippen LogP contribution in [0.3, 0.4) is 0 Å². The lowest BCUT2D eigenvalue weighted by Crippen LogP contribution is -2.47. The van der Waals surface area contributed by atoms with Gasteiger partial charge >= 0.3 is 5.97 Å². The molecule has 2 aromatic carbocycles. The van der Waals surface area contributed by atoms with Crippen LogP contribution in [0.1, 0.15) is 26.4 Å². The molecule has 0 spiro atoms. The molecule has 0 atom stereocenters. The number of aliphatic hydroxyl groups is 1. The van der Waals surface area contributed by atoms with Gasteiger partial charge in [0.05, 0.1) is 0 Å². The van der Waals surface area contributed by atoms with Crippen LogP contribution in [0.2, 0.25) is 0 Å². The van der Waals surface area contributed by atoms with Crippen molar-refractivity contribution in [2.75, 3.05) is 0 Å². The van der Waals surface area contributed by atoms with Crippen molar-refractivity contribution in [3.05, 3.63) is 70.1 Å². The van der Waals surface area contributed by atoms with E-state index in [1.807, 2.05) is 48.5 Å². The van der Waals surface area contributed by atoms with E-state index in [0.717, 1.165) is 21.2 Å². The van der Waals surface area contributed by atoms with E-state index in [1.54, 1.807) is 0 Å². The van der Waals surface area contributed by atoms with Gasteiger partial charge in [0.15, 0.2) is 5.60 Å². The minimum Gasteiger partial charge on any atom is -0.477 e. The normalized spacial score (nSPS) is 15.0. The van der Waals surface area contributed by atoms with Gasteiger partial charge in [0.25, 0.3) is 5.91 Å². The van der Waals surface area contributed by atoms with Crippen molar-refractivity contribution in [2.45, 2.75) is 25.0 Å². The zero-order valence-electron chi connectivity index (χ0n) is 13.9. The van der Waals surface area contributed by atoms with Gasteiger partial charge in [-0.25, -0.2) is 4.79 Å². The SMILES string of the molecule is O=C(O)c1sc2ccccc2c1CNC(=O)C1(O)Cc2ccccc2C1. The standard InChI is InChI=1S/C20H17NO4S/c22-18(23)17-15(14-7-3-4-8-16(14)26-17)11-21-19(24)20(25)9-12-5-1-2-6-13(12)10-20/h1-8,25H,9-11H2,(H,21,24)(H,22,23). The highest BCUT2D eigenvalue weighted by Crippen LogP contribution is 2.33. The Kier molecular flexibility index (Phi) is 4.01. The zero-order valence-corrected chi connectivity index (χ0v) is 14.7. The number of hydrogen-bond donors (Lipinski definition) is 3. The zero-order chi connectivity index (χ0) is 18.3. The molecule has 1 aliphatic carbocycles. The van der Waals surface area contributed by atoms with Crippen molar-refractivity contribution < 1.29 is 19.8 Å². The van der Waals surface area contributed by atoms with Gasteiger partial charge in [0.2, 0.25) is 0 Å². The third-order valence-electron chi connectivity index (χ3n) is 4.83. The number of benzene rings is 2. The lowest BCUT2D eigenvalue weighted by atomic mass is 9.99. The molecule has 132 valence electrons. The molecule has 5 nitrogen and oxygen atoms in total. The van der Waals surface area contributed by atoms with Crippen molar-refractivity contribution in [1.82, 2.24) is 5.32 Å². The molecule has 1 heterocycles. The number of carbonyl (C=O) groups excluding carboxylic acids is 1. The molecule has 6 heteroatoms. The molecule has 4 rings (SSSR count). The summed E-state index contributed by atoms with van der Waals surface area (Å²) in [5.74, 6) is -1.48. The maximum atomic E-state index is 12.6. The summed E-state index contributed by atoms with van der Waals surface area (Å²) in [6.45, 7) is 0.0726. The van der Waals surface area contributed by atoms with Crippen LogP contribution >= 0.6 is 11.3 Å². The Hall–Kier alpha value is -2.70. The molecule has 3 aromatic rings. The first kappa shape index (κ1) is 16.8. The number of hydrogen-bond acceptors (Lipinski definition) is 4. The van der Waals surface area contributed by atoms with Crippen LogP contribution in [0, 0.1) is 0 Å². The number of aromatic carboxylic acids is 1. The summed E-state index contributed by atoms with van der Waals surface area (Å²) in [4.78, 5) is 24.4. The predicted molar refractivity (Wildman–Crippen MR) is 99.4 cm³/mol. The van der Waals surface area contributed by atoms with Crippen LogP contribution in [0.15, 0.2) is 48.5 Å². The number of carboxylic acids is 1. The first-order valence-corrected chi connectivity index (χ1v) is 9.11. The Balaban J connectivity index is 1.57. The topological polar surface area (TPSA) is 86.6 Å². The molecule has 1 amide bonds. The Labute approximate surface area is 153 Å². The first-order chi connectivity index (χ1) is 12.5. The first-order valence-electron chi connectivity index (χ1n) is 8.29. The lowest BCUT2D eigenvalue weighted by Gasteiger charge is -2.21. The summed E-state index contributed by atoms with van der Waals surface area (Å²) >= 11 is 1.19. The maximum absolute atomic E-state index is 12.6. The van der Waals surface area contributed by atoms with Gasteiger partial charge < -0.3 is 15.5 Å². The Bertz CT molecular complexity index is 999. The monoisotopic (exact) mass is 367 g/mol. The fourth-order valence-electron chi connectivity index (χ4n) is 3.54. The predicted octanol–water partition coefficient (Wildman–Crippen LogP) is 2.75. The second-order valence-corrected chi connectivity index (χ2v) is 7.60. The molecule has 0 saturated heterocycles. The maximum Gasteiger partial charge on any atom is 0.346 e. The van der Waals surface area contributed by atoms with E-state index in [1.165, 1.54) is 11.3 Å². The Morgan fingerprint density at radius 3 is 2.31 bits per heavy atom. The summed E-state index contributed by atoms with van der Waals surface area (Å²) < 4.78 is 0.862. The molecule has 26 heavy (non-hydrogen) atoms. The summed E-state index contributed by atoms with van der Waals surface area (Å²) in [5.41, 5.74) is 1.03. The van der Waals surface area contributed by atoms with Gasteiger partial charge in [-0.05, 0) is 22.6 Å². The van der Waals surface area contributed by atoms with Gasteiger partial charge in [-0.2, -0.15) is 0 Å². The lowest BCUT2D eigenvalue weighted by molar-refractivity contribution is -0.139. The number of carboxylic acid groups (broad SMARTS) is 1. The fourth-order valence-corrected chi connectivity index (χ4v) is 4.60. The summed E-state index contributed by atoms with van der Waals surface area (Å²) in [5, 5.41) is 23.8. The van der Waals surface area contributed by atoms with Crippen LogP contribution in [0.25, 0.3) is 10.1 Å². The molecular formula is C20H17NO4S. The van der Waals surface area contributed by atoms with E-state index >= 15 is 0 Å². The van der Waals surface area contributed by atoms with Crippen molar-refractivity contribution in [2.24, 2.45) is 0 Å². The van der Waals surface area contributed by atoms with Crippen LogP contribution < -0.4 is 5.32 Å². The smallest absolute Gasteiger partial charge is 0.346 e. The molecule has 1 aromatic heterocycles. The average molecular weight is 367 g/mol. The summed E-state index contributed by atoms with van der Waals surface area (Å²) in [7, 11) is 0. The van der Waals surface area contributed by atoms with E-state index in [0.29, 0.717) is 5.56 Å². The fraction of sp³-hybridized carbons (Fsp3) is 0.200. The third kappa shape index (κ3) is 2.77. The highest BCUT2D eigenvalue weighted by molar-refractivity contribution is 7.21. The molecule has 3 N–H and O–H groups in total. The number of fused-ring (bicyclic) bond motifs is 2. The highest BCUT2D eigenvalue weighted by atomic mass is 32.1. The average Bonchev–Trinajstić information content (AvgIpc) is 3.17. The van der Waals surface area contributed by atoms with Gasteiger partial charge in [0.1, 0.15) is 4.88 Å². The number of thiophene rings is 1. The quantitative estimate of drug-likeness (QED) is 0.662. The number of amides is 1. The van der Waals surface area contributed by atoms with Crippen LogP contribution in [0.4, 0.5) is 0 Å². The molecule has 0 unspecified atom stereocenters. The highest BCUT2D eigenvalue weighted by Gasteiger charge is 2.41. The van der Waals surface area contributed by atoms with Crippen LogP contribution in [-0.2, 0) is 24.2 Å². The van der Waals surface area contributed by atoms with Gasteiger partial charge in [-0.1, -0.05) is 42.5 Å². The second kappa shape index (κ2) is 6.23. The number of nitrogens with one attached hydrogen (secondary N) is 1. The Morgan fingerprint density at radius 1 is 1.04 bits per heavy atom. The largest absolute Gasteiger partial charge is 0.477 e. The van der Waals surface area contributed by atoms with E-state index in [-0.39, 0.29) is 24.3 Å². The Morgan fingerprint density at radius 2 is 1.65 bits per heavy atom. The molecule has 0 saturated carbocycles. The molecule has 0 aliphatic heterocycles. The second-order valence-electron chi connectivity index (χ2n) is 6.55. The summed E-state index contributed by atoms with van der Waals surface area (Å²) in [6.07, 6.45) is 0.538. The molecule has 0 bridgehead atoms. The van der Waals surface area contributed by atoms with E-state index < -0.39 is 17.5 Å².